The number of carbonyl (C=O) groups is 1. The number of hydrogen-bond donors (Lipinski definition) is 1. The van der Waals surface area contributed by atoms with Gasteiger partial charge in [0.25, 0.3) is 0 Å². The van der Waals surface area contributed by atoms with Crippen molar-refractivity contribution in [2.75, 3.05) is 26.0 Å². The highest BCUT2D eigenvalue weighted by atomic mass is 32.2. The summed E-state index contributed by atoms with van der Waals surface area (Å²) in [5.74, 6) is -1.48. The summed E-state index contributed by atoms with van der Waals surface area (Å²) in [5, 5.41) is 8.78. The zero-order chi connectivity index (χ0) is 12.1. The molecule has 1 N–H and O–H groups in total. The highest BCUT2D eigenvalue weighted by Gasteiger charge is 2.26. The van der Waals surface area contributed by atoms with Crippen LogP contribution in [0.5, 0.6) is 0 Å². The first-order valence-corrected chi connectivity index (χ1v) is 6.18. The first-order valence-electron chi connectivity index (χ1n) is 4.57. The van der Waals surface area contributed by atoms with Crippen molar-refractivity contribution in [2.24, 2.45) is 0 Å². The summed E-state index contributed by atoms with van der Waals surface area (Å²) in [6.45, 7) is 3.00. The molecule has 0 aliphatic carbocycles. The Labute approximate surface area is 89.9 Å². The van der Waals surface area contributed by atoms with Crippen LogP contribution in [0.25, 0.3) is 0 Å². The Morgan fingerprint density at radius 1 is 1.53 bits per heavy atom. The van der Waals surface area contributed by atoms with E-state index >= 15 is 0 Å². The normalized spacial score (nSPS) is 13.9. The van der Waals surface area contributed by atoms with Gasteiger partial charge in [0, 0.05) is 13.1 Å². The Bertz CT molecular complexity index is 300. The van der Waals surface area contributed by atoms with Crippen molar-refractivity contribution in [3.63, 3.8) is 0 Å². The van der Waals surface area contributed by atoms with Gasteiger partial charge in [0.1, 0.15) is 0 Å². The summed E-state index contributed by atoms with van der Waals surface area (Å²) < 4.78 is 28.6. The molecular formula is C8H17NO5S. The van der Waals surface area contributed by atoms with Gasteiger partial charge in [-0.15, -0.1) is 0 Å². The fourth-order valence-electron chi connectivity index (χ4n) is 0.843. The van der Waals surface area contributed by atoms with Crippen molar-refractivity contribution in [3.05, 3.63) is 0 Å². The van der Waals surface area contributed by atoms with Gasteiger partial charge in [0.15, 0.2) is 5.75 Å². The van der Waals surface area contributed by atoms with E-state index in [1.807, 2.05) is 0 Å². The minimum atomic E-state index is -3.69. The number of likely N-dealkylation sites (N-methyl/N-ethyl adjacent to an activating group) is 1. The van der Waals surface area contributed by atoms with Crippen LogP contribution in [0.4, 0.5) is 0 Å². The van der Waals surface area contributed by atoms with Crippen LogP contribution in [0.3, 0.4) is 0 Å². The summed E-state index contributed by atoms with van der Waals surface area (Å²) in [5.41, 5.74) is 0. The second-order valence-corrected chi connectivity index (χ2v) is 5.14. The molecule has 0 aliphatic heterocycles. The topological polar surface area (TPSA) is 83.9 Å². The molecular weight excluding hydrogens is 222 g/mol. The average Bonchev–Trinajstić information content (AvgIpc) is 2.15. The van der Waals surface area contributed by atoms with Gasteiger partial charge in [-0.25, -0.2) is 8.42 Å². The van der Waals surface area contributed by atoms with E-state index in [9.17, 15) is 13.2 Å². The van der Waals surface area contributed by atoms with Crippen LogP contribution in [0.2, 0.25) is 0 Å². The van der Waals surface area contributed by atoms with Crippen LogP contribution in [0.1, 0.15) is 13.8 Å². The van der Waals surface area contributed by atoms with Crippen molar-refractivity contribution in [2.45, 2.75) is 19.9 Å². The largest absolute Gasteiger partial charge is 0.465 e. The lowest BCUT2D eigenvalue weighted by Crippen LogP contribution is -2.40. The van der Waals surface area contributed by atoms with E-state index in [1.54, 1.807) is 13.8 Å². The Morgan fingerprint density at radius 2 is 2.07 bits per heavy atom. The van der Waals surface area contributed by atoms with Crippen molar-refractivity contribution in [1.82, 2.24) is 4.31 Å². The summed E-state index contributed by atoms with van der Waals surface area (Å²) in [6, 6.07) is -0.551. The average molecular weight is 239 g/mol. The SMILES string of the molecule is CCOC(=O)CS(=O)(=O)N(C)C(C)CO. The molecule has 1 atom stereocenters. The second kappa shape index (κ2) is 6.04. The van der Waals surface area contributed by atoms with Gasteiger partial charge in [-0.3, -0.25) is 4.79 Å². The quantitative estimate of drug-likeness (QED) is 0.613. The Kier molecular flexibility index (Phi) is 5.77. The Balaban J connectivity index is 4.48. The Hall–Kier alpha value is -0.660. The van der Waals surface area contributed by atoms with Crippen LogP contribution >= 0.6 is 0 Å². The number of aliphatic hydroxyl groups is 1. The molecule has 0 aromatic heterocycles. The standard InChI is InChI=1S/C8H17NO5S/c1-4-14-8(11)6-15(12,13)9(3)7(2)5-10/h7,10H,4-6H2,1-3H3. The third-order valence-electron chi connectivity index (χ3n) is 1.93. The lowest BCUT2D eigenvalue weighted by atomic mass is 10.4. The molecule has 0 spiro atoms. The predicted molar refractivity (Wildman–Crippen MR) is 54.7 cm³/mol. The summed E-state index contributed by atoms with van der Waals surface area (Å²) >= 11 is 0. The van der Waals surface area contributed by atoms with Crippen molar-refractivity contribution in [1.29, 1.82) is 0 Å². The zero-order valence-corrected chi connectivity index (χ0v) is 9.95. The lowest BCUT2D eigenvalue weighted by Gasteiger charge is -2.21. The van der Waals surface area contributed by atoms with E-state index in [2.05, 4.69) is 4.74 Å². The van der Waals surface area contributed by atoms with E-state index in [0.717, 1.165) is 4.31 Å². The first-order chi connectivity index (χ1) is 6.85. The molecule has 0 radical (unpaired) electrons. The van der Waals surface area contributed by atoms with E-state index < -0.39 is 27.8 Å². The summed E-state index contributed by atoms with van der Waals surface area (Å²) in [7, 11) is -2.38. The third kappa shape index (κ3) is 4.59. The van der Waals surface area contributed by atoms with Crippen LogP contribution in [-0.4, -0.2) is 55.9 Å². The number of carbonyl (C=O) groups excluding carboxylic acids is 1. The summed E-state index contributed by atoms with van der Waals surface area (Å²) in [4.78, 5) is 11.0. The molecule has 0 bridgehead atoms. The zero-order valence-electron chi connectivity index (χ0n) is 9.13. The predicted octanol–water partition coefficient (Wildman–Crippen LogP) is -0.808. The molecule has 7 heteroatoms. The van der Waals surface area contributed by atoms with Crippen LogP contribution < -0.4 is 0 Å². The van der Waals surface area contributed by atoms with E-state index in [1.165, 1.54) is 7.05 Å². The molecule has 0 aromatic carbocycles. The fourth-order valence-corrected chi connectivity index (χ4v) is 2.04. The van der Waals surface area contributed by atoms with Crippen molar-refractivity contribution in [3.8, 4) is 0 Å². The molecule has 90 valence electrons. The van der Waals surface area contributed by atoms with Gasteiger partial charge >= 0.3 is 5.97 Å². The smallest absolute Gasteiger partial charge is 0.322 e. The highest BCUT2D eigenvalue weighted by molar-refractivity contribution is 7.89. The lowest BCUT2D eigenvalue weighted by molar-refractivity contribution is -0.140. The maximum Gasteiger partial charge on any atom is 0.322 e. The van der Waals surface area contributed by atoms with Gasteiger partial charge in [0.2, 0.25) is 10.0 Å². The van der Waals surface area contributed by atoms with Gasteiger partial charge in [0.05, 0.1) is 13.2 Å². The maximum atomic E-state index is 11.5. The van der Waals surface area contributed by atoms with E-state index in [0.29, 0.717) is 0 Å². The number of nitrogens with zero attached hydrogens (tertiary/aromatic N) is 1. The van der Waals surface area contributed by atoms with Gasteiger partial charge in [-0.2, -0.15) is 4.31 Å². The van der Waals surface area contributed by atoms with Crippen LogP contribution in [-0.2, 0) is 19.6 Å². The number of ether oxygens (including phenoxy) is 1. The number of sulfonamides is 1. The number of esters is 1. The number of hydrogen-bond acceptors (Lipinski definition) is 5. The molecule has 0 heterocycles. The van der Waals surface area contributed by atoms with Gasteiger partial charge in [-0.05, 0) is 13.8 Å². The summed E-state index contributed by atoms with van der Waals surface area (Å²) in [6.07, 6.45) is 0. The molecule has 15 heavy (non-hydrogen) atoms. The molecule has 0 saturated heterocycles. The monoisotopic (exact) mass is 239 g/mol. The molecule has 0 aliphatic rings. The van der Waals surface area contributed by atoms with Crippen LogP contribution in [0.15, 0.2) is 0 Å². The van der Waals surface area contributed by atoms with Crippen LogP contribution in [0, 0.1) is 0 Å². The minimum absolute atomic E-state index is 0.146. The molecule has 0 aromatic rings. The number of aliphatic hydroxyl groups excluding tert-OH is 1. The molecule has 6 nitrogen and oxygen atoms in total. The minimum Gasteiger partial charge on any atom is -0.465 e. The molecule has 0 rings (SSSR count). The van der Waals surface area contributed by atoms with Gasteiger partial charge in [-0.1, -0.05) is 0 Å². The molecule has 0 saturated carbocycles. The van der Waals surface area contributed by atoms with Gasteiger partial charge < -0.3 is 9.84 Å². The molecule has 0 fully saturated rings. The van der Waals surface area contributed by atoms with Crippen molar-refractivity contribution < 1.29 is 23.1 Å². The third-order valence-corrected chi connectivity index (χ3v) is 3.77. The highest BCUT2D eigenvalue weighted by Crippen LogP contribution is 2.04. The molecule has 0 amide bonds. The number of rotatable bonds is 6. The van der Waals surface area contributed by atoms with E-state index in [4.69, 9.17) is 5.11 Å². The first kappa shape index (κ1) is 14.3. The Morgan fingerprint density at radius 3 is 2.47 bits per heavy atom. The maximum absolute atomic E-state index is 11.5. The molecule has 1 unspecified atom stereocenters. The van der Waals surface area contributed by atoms with Crippen molar-refractivity contribution >= 4 is 16.0 Å². The fraction of sp³-hybridized carbons (Fsp3) is 0.875. The van der Waals surface area contributed by atoms with E-state index in [-0.39, 0.29) is 13.2 Å². The second-order valence-electron chi connectivity index (χ2n) is 3.11.